The van der Waals surface area contributed by atoms with Crippen molar-refractivity contribution < 1.29 is 22.7 Å². The monoisotopic (exact) mass is 417 g/mol. The van der Waals surface area contributed by atoms with Crippen molar-refractivity contribution in [2.45, 2.75) is 45.7 Å². The number of halogens is 3. The predicted molar refractivity (Wildman–Crippen MR) is 114 cm³/mol. The first-order valence-electron chi connectivity index (χ1n) is 9.88. The second kappa shape index (κ2) is 7.82. The molecule has 30 heavy (non-hydrogen) atoms. The number of carbonyl (C=O) groups excluding carboxylic acids is 1. The van der Waals surface area contributed by atoms with Crippen molar-refractivity contribution >= 4 is 17.7 Å². The van der Waals surface area contributed by atoms with Gasteiger partial charge in [0, 0.05) is 29.6 Å². The molecule has 2 aromatic carbocycles. The van der Waals surface area contributed by atoms with Gasteiger partial charge < -0.3 is 9.64 Å². The number of nitrogens with zero attached hydrogens (tertiary/aromatic N) is 1. The van der Waals surface area contributed by atoms with E-state index in [9.17, 15) is 18.0 Å². The van der Waals surface area contributed by atoms with Gasteiger partial charge in [-0.25, -0.2) is 0 Å². The smallest absolute Gasteiger partial charge is 0.422 e. The molecule has 1 aliphatic rings. The molecule has 0 radical (unpaired) electrons. The standard InChI is InChI=1S/C24H26F3NO2/c1-6-16-8-9-21(30-14-24(25,26)27)18(11-16)17-12-20-19(10-15(17)3)23(4,5)13-22(29)28(20)7-2/h6,8-12H,1,7,13-14H2,2-5H3. The zero-order valence-electron chi connectivity index (χ0n) is 17.7. The number of anilines is 1. The highest BCUT2D eigenvalue weighted by Gasteiger charge is 2.37. The van der Waals surface area contributed by atoms with E-state index in [1.807, 2.05) is 39.8 Å². The van der Waals surface area contributed by atoms with Crippen LogP contribution in [0.15, 0.2) is 36.9 Å². The third-order valence-electron chi connectivity index (χ3n) is 5.49. The number of amides is 1. The average Bonchev–Trinajstić information content (AvgIpc) is 2.65. The van der Waals surface area contributed by atoms with E-state index in [1.165, 1.54) is 6.07 Å². The normalized spacial score (nSPS) is 15.7. The molecule has 0 unspecified atom stereocenters. The van der Waals surface area contributed by atoms with Gasteiger partial charge in [0.1, 0.15) is 5.75 Å². The third kappa shape index (κ3) is 4.23. The van der Waals surface area contributed by atoms with E-state index in [2.05, 4.69) is 6.58 Å². The number of hydrogen-bond acceptors (Lipinski definition) is 2. The number of ether oxygens (including phenoxy) is 1. The number of benzene rings is 2. The van der Waals surface area contributed by atoms with Gasteiger partial charge in [0.15, 0.2) is 6.61 Å². The number of fused-ring (bicyclic) bond motifs is 1. The second-order valence-electron chi connectivity index (χ2n) is 8.25. The van der Waals surface area contributed by atoms with Gasteiger partial charge in [0.25, 0.3) is 0 Å². The number of rotatable bonds is 5. The summed E-state index contributed by atoms with van der Waals surface area (Å²) < 4.78 is 43.4. The van der Waals surface area contributed by atoms with Crippen molar-refractivity contribution in [1.29, 1.82) is 0 Å². The summed E-state index contributed by atoms with van der Waals surface area (Å²) in [6.45, 7) is 10.8. The highest BCUT2D eigenvalue weighted by atomic mass is 19.4. The van der Waals surface area contributed by atoms with Crippen molar-refractivity contribution in [2.75, 3.05) is 18.1 Å². The van der Waals surface area contributed by atoms with Crippen LogP contribution < -0.4 is 9.64 Å². The molecule has 0 spiro atoms. The summed E-state index contributed by atoms with van der Waals surface area (Å²) in [5, 5.41) is 0. The van der Waals surface area contributed by atoms with Crippen LogP contribution in [0.25, 0.3) is 17.2 Å². The van der Waals surface area contributed by atoms with Crippen LogP contribution in [-0.4, -0.2) is 25.2 Å². The van der Waals surface area contributed by atoms with E-state index >= 15 is 0 Å². The van der Waals surface area contributed by atoms with Crippen molar-refractivity contribution in [3.05, 3.63) is 53.6 Å². The largest absolute Gasteiger partial charge is 0.483 e. The lowest BCUT2D eigenvalue weighted by molar-refractivity contribution is -0.153. The molecule has 0 N–H and O–H groups in total. The number of hydrogen-bond donors (Lipinski definition) is 0. The molecule has 2 aromatic rings. The summed E-state index contributed by atoms with van der Waals surface area (Å²) in [6.07, 6.45) is -2.39. The van der Waals surface area contributed by atoms with E-state index in [-0.39, 0.29) is 17.1 Å². The Morgan fingerprint density at radius 1 is 1.20 bits per heavy atom. The molecule has 3 nitrogen and oxygen atoms in total. The Labute approximate surface area is 175 Å². The van der Waals surface area contributed by atoms with Crippen LogP contribution in [0.2, 0.25) is 0 Å². The summed E-state index contributed by atoms with van der Waals surface area (Å²) in [5.41, 5.74) is 4.49. The minimum Gasteiger partial charge on any atom is -0.483 e. The summed E-state index contributed by atoms with van der Waals surface area (Å²) in [6, 6.07) is 8.90. The SMILES string of the molecule is C=Cc1ccc(OCC(F)(F)F)c(-c2cc3c(cc2C)C(C)(C)CC(=O)N3CC)c1. The molecule has 0 saturated carbocycles. The Kier molecular flexibility index (Phi) is 5.72. The molecule has 0 aromatic heterocycles. The lowest BCUT2D eigenvalue weighted by atomic mass is 9.75. The van der Waals surface area contributed by atoms with Crippen LogP contribution in [0.4, 0.5) is 18.9 Å². The van der Waals surface area contributed by atoms with Crippen LogP contribution in [-0.2, 0) is 10.2 Å². The van der Waals surface area contributed by atoms with Gasteiger partial charge in [-0.2, -0.15) is 13.2 Å². The Hall–Kier alpha value is -2.76. The summed E-state index contributed by atoms with van der Waals surface area (Å²) in [4.78, 5) is 14.4. The molecule has 0 bridgehead atoms. The van der Waals surface area contributed by atoms with E-state index < -0.39 is 12.8 Å². The average molecular weight is 417 g/mol. The lowest BCUT2D eigenvalue weighted by Crippen LogP contribution is -2.41. The van der Waals surface area contributed by atoms with Crippen LogP contribution in [0, 0.1) is 6.92 Å². The van der Waals surface area contributed by atoms with Gasteiger partial charge in [-0.3, -0.25) is 4.79 Å². The molecule has 3 rings (SSSR count). The van der Waals surface area contributed by atoms with E-state index in [0.29, 0.717) is 18.5 Å². The van der Waals surface area contributed by atoms with Gasteiger partial charge >= 0.3 is 6.18 Å². The van der Waals surface area contributed by atoms with Crippen LogP contribution in [0.3, 0.4) is 0 Å². The van der Waals surface area contributed by atoms with Crippen molar-refractivity contribution in [2.24, 2.45) is 0 Å². The Bertz CT molecular complexity index is 993. The molecular formula is C24H26F3NO2. The first-order chi connectivity index (χ1) is 14.0. The highest BCUT2D eigenvalue weighted by Crippen LogP contribution is 2.45. The van der Waals surface area contributed by atoms with Crippen molar-refractivity contribution in [3.8, 4) is 16.9 Å². The maximum Gasteiger partial charge on any atom is 0.422 e. The number of aryl methyl sites for hydroxylation is 1. The maximum absolute atomic E-state index is 12.8. The predicted octanol–water partition coefficient (Wildman–Crippen LogP) is 6.28. The summed E-state index contributed by atoms with van der Waals surface area (Å²) in [5.74, 6) is 0.184. The molecule has 160 valence electrons. The highest BCUT2D eigenvalue weighted by molar-refractivity contribution is 5.99. The third-order valence-corrected chi connectivity index (χ3v) is 5.49. The lowest BCUT2D eigenvalue weighted by Gasteiger charge is -2.39. The van der Waals surface area contributed by atoms with Gasteiger partial charge in [0.2, 0.25) is 5.91 Å². The summed E-state index contributed by atoms with van der Waals surface area (Å²) >= 11 is 0. The van der Waals surface area contributed by atoms with Crippen LogP contribution >= 0.6 is 0 Å². The molecule has 6 heteroatoms. The molecule has 0 fully saturated rings. The van der Waals surface area contributed by atoms with Gasteiger partial charge in [-0.15, -0.1) is 0 Å². The first-order valence-corrected chi connectivity index (χ1v) is 9.88. The quantitative estimate of drug-likeness (QED) is 0.573. The van der Waals surface area contributed by atoms with Crippen LogP contribution in [0.5, 0.6) is 5.75 Å². The maximum atomic E-state index is 12.8. The fourth-order valence-corrected chi connectivity index (χ4v) is 3.97. The minimum absolute atomic E-state index is 0.0400. The van der Waals surface area contributed by atoms with Crippen molar-refractivity contribution in [1.82, 2.24) is 0 Å². The number of alkyl halides is 3. The minimum atomic E-state index is -4.44. The molecule has 1 amide bonds. The molecule has 0 saturated heterocycles. The van der Waals surface area contributed by atoms with Crippen molar-refractivity contribution in [3.63, 3.8) is 0 Å². The van der Waals surface area contributed by atoms with Gasteiger partial charge in [-0.05, 0) is 54.3 Å². The van der Waals surface area contributed by atoms with E-state index in [1.54, 1.807) is 23.1 Å². The fraction of sp³-hybridized carbons (Fsp3) is 0.375. The molecule has 0 aliphatic carbocycles. The van der Waals surface area contributed by atoms with E-state index in [0.717, 1.165) is 27.9 Å². The van der Waals surface area contributed by atoms with Gasteiger partial charge in [-0.1, -0.05) is 38.6 Å². The Balaban J connectivity index is 2.20. The zero-order valence-corrected chi connectivity index (χ0v) is 17.7. The second-order valence-corrected chi connectivity index (χ2v) is 8.25. The Morgan fingerprint density at radius 3 is 2.50 bits per heavy atom. The van der Waals surface area contributed by atoms with E-state index in [4.69, 9.17) is 4.74 Å². The van der Waals surface area contributed by atoms with Crippen LogP contribution in [0.1, 0.15) is 43.9 Å². The topological polar surface area (TPSA) is 29.5 Å². The molecule has 1 aliphatic heterocycles. The Morgan fingerprint density at radius 2 is 1.90 bits per heavy atom. The van der Waals surface area contributed by atoms with Gasteiger partial charge in [0.05, 0.1) is 0 Å². The first kappa shape index (κ1) is 21.9. The zero-order chi connectivity index (χ0) is 22.3. The summed E-state index contributed by atoms with van der Waals surface area (Å²) in [7, 11) is 0. The molecule has 0 atom stereocenters. The number of carbonyl (C=O) groups is 1. The molecular weight excluding hydrogens is 391 g/mol. The molecule has 1 heterocycles. The fourth-order valence-electron chi connectivity index (χ4n) is 3.97.